The number of benzene rings is 2. The first-order chi connectivity index (χ1) is 12.6. The maximum absolute atomic E-state index is 11.3. The van der Waals surface area contributed by atoms with E-state index in [9.17, 15) is 4.79 Å². The Balaban J connectivity index is 1.67. The van der Waals surface area contributed by atoms with E-state index in [1.165, 1.54) is 11.1 Å². The summed E-state index contributed by atoms with van der Waals surface area (Å²) in [4.78, 5) is 12.3. The molecular weight excluding hydrogens is 348 g/mol. The van der Waals surface area contributed by atoms with Gasteiger partial charge in [0.2, 0.25) is 5.91 Å². The molecule has 1 atom stereocenters. The van der Waals surface area contributed by atoms with E-state index in [0.29, 0.717) is 0 Å². The molecular formula is C20H22N2O3S. The number of fused-ring (bicyclic) bond motifs is 1. The molecule has 0 spiro atoms. The summed E-state index contributed by atoms with van der Waals surface area (Å²) in [5.74, 6) is 0.460. The van der Waals surface area contributed by atoms with Gasteiger partial charge in [0.15, 0.2) is 0 Å². The van der Waals surface area contributed by atoms with Crippen molar-refractivity contribution in [1.82, 2.24) is 10.8 Å². The van der Waals surface area contributed by atoms with E-state index in [0.717, 1.165) is 27.3 Å². The molecule has 0 fully saturated rings. The average molecular weight is 370 g/mol. The molecule has 0 aliphatic rings. The fourth-order valence-electron chi connectivity index (χ4n) is 2.79. The Bertz CT molecular complexity index is 890. The van der Waals surface area contributed by atoms with Crippen LogP contribution in [-0.2, 0) is 17.8 Å². The topological polar surface area (TPSA) is 70.6 Å². The Morgan fingerprint density at radius 3 is 2.65 bits per heavy atom. The van der Waals surface area contributed by atoms with E-state index >= 15 is 0 Å². The maximum Gasteiger partial charge on any atom is 0.248 e. The normalized spacial score (nSPS) is 12.1. The molecule has 3 N–H and O–H groups in total. The quantitative estimate of drug-likeness (QED) is 0.437. The molecule has 26 heavy (non-hydrogen) atoms. The van der Waals surface area contributed by atoms with Crippen LogP contribution in [0.15, 0.2) is 48.5 Å². The van der Waals surface area contributed by atoms with Gasteiger partial charge in [0, 0.05) is 22.2 Å². The molecule has 1 aromatic heterocycles. The van der Waals surface area contributed by atoms with Crippen LogP contribution in [-0.4, -0.2) is 18.2 Å². The van der Waals surface area contributed by atoms with Crippen LogP contribution in [0.3, 0.4) is 0 Å². The van der Waals surface area contributed by atoms with Gasteiger partial charge in [-0.05, 0) is 47.7 Å². The Hall–Kier alpha value is -2.41. The molecule has 1 unspecified atom stereocenters. The van der Waals surface area contributed by atoms with Gasteiger partial charge in [0.25, 0.3) is 0 Å². The maximum atomic E-state index is 11.3. The number of amides is 1. The van der Waals surface area contributed by atoms with E-state index in [1.54, 1.807) is 23.9 Å². The summed E-state index contributed by atoms with van der Waals surface area (Å²) >= 11 is 1.58. The van der Waals surface area contributed by atoms with E-state index in [-0.39, 0.29) is 12.5 Å². The highest BCUT2D eigenvalue weighted by Gasteiger charge is 2.10. The lowest BCUT2D eigenvalue weighted by Gasteiger charge is -2.14. The molecule has 5 nitrogen and oxygen atoms in total. The minimum atomic E-state index is -0.397. The molecule has 6 heteroatoms. The second kappa shape index (κ2) is 8.31. The summed E-state index contributed by atoms with van der Waals surface area (Å²) in [6, 6.07) is 16.6. The number of methoxy groups -OCH3 is 1. The molecule has 0 saturated heterocycles. The van der Waals surface area contributed by atoms with Gasteiger partial charge in [0.1, 0.15) is 5.75 Å². The summed E-state index contributed by atoms with van der Waals surface area (Å²) < 4.78 is 6.32. The molecule has 1 amide bonds. The molecule has 3 aromatic rings. The number of carbonyl (C=O) groups is 1. The van der Waals surface area contributed by atoms with Crippen molar-refractivity contribution in [3.8, 4) is 5.75 Å². The van der Waals surface area contributed by atoms with Crippen LogP contribution in [0.5, 0.6) is 5.75 Å². The molecule has 2 aromatic carbocycles. The van der Waals surface area contributed by atoms with Crippen LogP contribution < -0.4 is 15.5 Å². The van der Waals surface area contributed by atoms with Gasteiger partial charge < -0.3 is 10.1 Å². The molecule has 0 radical (unpaired) electrons. The van der Waals surface area contributed by atoms with E-state index in [1.807, 2.05) is 18.2 Å². The predicted octanol–water partition coefficient (Wildman–Crippen LogP) is 3.81. The minimum absolute atomic E-state index is 0.191. The first-order valence-corrected chi connectivity index (χ1v) is 9.22. The highest BCUT2D eigenvalue weighted by Crippen LogP contribution is 2.29. The molecule has 1 heterocycles. The fourth-order valence-corrected chi connectivity index (χ4v) is 3.90. The second-order valence-electron chi connectivity index (χ2n) is 6.17. The molecule has 0 aliphatic heterocycles. The number of hydrogen-bond acceptors (Lipinski definition) is 5. The van der Waals surface area contributed by atoms with Gasteiger partial charge in [-0.2, -0.15) is 0 Å². The first-order valence-electron chi connectivity index (χ1n) is 8.40. The molecule has 0 aliphatic carbocycles. The Labute approximate surface area is 156 Å². The number of hydrogen-bond donors (Lipinski definition) is 3. The fraction of sp³-hybridized carbons (Fsp3) is 0.250. The summed E-state index contributed by atoms with van der Waals surface area (Å²) in [7, 11) is 1.66. The van der Waals surface area contributed by atoms with Gasteiger partial charge in [-0.25, -0.2) is 5.48 Å². The third kappa shape index (κ3) is 4.40. The summed E-state index contributed by atoms with van der Waals surface area (Å²) in [5, 5.41) is 13.3. The van der Waals surface area contributed by atoms with Gasteiger partial charge in [-0.15, -0.1) is 11.3 Å². The molecule has 136 valence electrons. The number of thiophene rings is 1. The van der Waals surface area contributed by atoms with Crippen LogP contribution in [0, 0.1) is 0 Å². The number of ether oxygens (including phenoxy) is 1. The van der Waals surface area contributed by atoms with Gasteiger partial charge in [-0.3, -0.25) is 10.0 Å². The van der Waals surface area contributed by atoms with Crippen LogP contribution in [0.1, 0.15) is 29.0 Å². The van der Waals surface area contributed by atoms with Crippen molar-refractivity contribution >= 4 is 27.3 Å². The van der Waals surface area contributed by atoms with E-state index < -0.39 is 5.91 Å². The largest absolute Gasteiger partial charge is 0.497 e. The number of carbonyl (C=O) groups excluding carboxylic acids is 1. The third-order valence-corrected chi connectivity index (χ3v) is 5.42. The summed E-state index contributed by atoms with van der Waals surface area (Å²) in [5.41, 5.74) is 4.08. The lowest BCUT2D eigenvalue weighted by atomic mass is 10.1. The highest BCUT2D eigenvalue weighted by molar-refractivity contribution is 7.19. The SMILES string of the molecule is COc1ccc(CNC(C)c2ccc3cc(CC(=O)NO)sc3c2)cc1. The zero-order chi connectivity index (χ0) is 18.5. The van der Waals surface area contributed by atoms with Gasteiger partial charge in [0.05, 0.1) is 13.5 Å². The summed E-state index contributed by atoms with van der Waals surface area (Å²) in [6.45, 7) is 2.91. The van der Waals surface area contributed by atoms with E-state index in [2.05, 4.69) is 42.6 Å². The number of rotatable bonds is 7. The van der Waals surface area contributed by atoms with Crippen LogP contribution in [0.25, 0.3) is 10.1 Å². The van der Waals surface area contributed by atoms with Gasteiger partial charge in [-0.1, -0.05) is 24.3 Å². The molecule has 0 saturated carbocycles. The molecule has 3 rings (SSSR count). The summed E-state index contributed by atoms with van der Waals surface area (Å²) in [6.07, 6.45) is 0.191. The molecule has 0 bridgehead atoms. The minimum Gasteiger partial charge on any atom is -0.497 e. The number of hydroxylamine groups is 1. The predicted molar refractivity (Wildman–Crippen MR) is 104 cm³/mol. The Morgan fingerprint density at radius 2 is 1.96 bits per heavy atom. The van der Waals surface area contributed by atoms with Crippen LogP contribution >= 0.6 is 11.3 Å². The van der Waals surface area contributed by atoms with Crippen molar-refractivity contribution in [3.05, 3.63) is 64.5 Å². The highest BCUT2D eigenvalue weighted by atomic mass is 32.1. The van der Waals surface area contributed by atoms with E-state index in [4.69, 9.17) is 9.94 Å². The first kappa shape index (κ1) is 18.4. The second-order valence-corrected chi connectivity index (χ2v) is 7.34. The van der Waals surface area contributed by atoms with Crippen molar-refractivity contribution in [2.75, 3.05) is 7.11 Å². The number of nitrogens with one attached hydrogen (secondary N) is 2. The van der Waals surface area contributed by atoms with Gasteiger partial charge >= 0.3 is 0 Å². The Kier molecular flexibility index (Phi) is 5.88. The Morgan fingerprint density at radius 1 is 1.19 bits per heavy atom. The zero-order valence-corrected chi connectivity index (χ0v) is 15.6. The standard InChI is InChI=1S/C20H22N2O3S/c1-13(21-12-14-3-7-17(25-2)8-4-14)15-5-6-16-9-18(11-20(23)22-24)26-19(16)10-15/h3-10,13,21,24H,11-12H2,1-2H3,(H,22,23). The van der Waals surface area contributed by atoms with Crippen molar-refractivity contribution in [2.24, 2.45) is 0 Å². The smallest absolute Gasteiger partial charge is 0.248 e. The monoisotopic (exact) mass is 370 g/mol. The average Bonchev–Trinajstić information content (AvgIpc) is 3.07. The lowest BCUT2D eigenvalue weighted by Crippen LogP contribution is -2.20. The zero-order valence-electron chi connectivity index (χ0n) is 14.8. The van der Waals surface area contributed by atoms with Crippen molar-refractivity contribution in [3.63, 3.8) is 0 Å². The van der Waals surface area contributed by atoms with Crippen LogP contribution in [0.4, 0.5) is 0 Å². The lowest BCUT2D eigenvalue weighted by molar-refractivity contribution is -0.128. The van der Waals surface area contributed by atoms with Crippen LogP contribution in [0.2, 0.25) is 0 Å². The van der Waals surface area contributed by atoms with Crippen molar-refractivity contribution in [2.45, 2.75) is 25.9 Å². The third-order valence-electron chi connectivity index (χ3n) is 4.33. The van der Waals surface area contributed by atoms with Crippen molar-refractivity contribution < 1.29 is 14.7 Å². The van der Waals surface area contributed by atoms with Crippen molar-refractivity contribution in [1.29, 1.82) is 0 Å².